The van der Waals surface area contributed by atoms with Crippen molar-refractivity contribution in [2.45, 2.75) is 18.8 Å². The van der Waals surface area contributed by atoms with E-state index < -0.39 is 0 Å². The summed E-state index contributed by atoms with van der Waals surface area (Å²) >= 11 is 0. The lowest BCUT2D eigenvalue weighted by Crippen LogP contribution is -2.21. The van der Waals surface area contributed by atoms with Crippen molar-refractivity contribution in [2.75, 3.05) is 20.1 Å². The van der Waals surface area contributed by atoms with Gasteiger partial charge in [0.15, 0.2) is 0 Å². The van der Waals surface area contributed by atoms with Crippen molar-refractivity contribution >= 4 is 5.91 Å². The highest BCUT2D eigenvalue weighted by molar-refractivity contribution is 5.93. The van der Waals surface area contributed by atoms with E-state index in [-0.39, 0.29) is 5.91 Å². The van der Waals surface area contributed by atoms with Crippen LogP contribution in [0.5, 0.6) is 0 Å². The third-order valence-electron chi connectivity index (χ3n) is 3.14. The lowest BCUT2D eigenvalue weighted by molar-refractivity contribution is 0.0963. The molecule has 0 unspecified atom stereocenters. The first-order valence-electron chi connectivity index (χ1n) is 5.76. The summed E-state index contributed by atoms with van der Waals surface area (Å²) in [5.74, 6) is 0.599. The highest BCUT2D eigenvalue weighted by atomic mass is 16.1. The smallest absolute Gasteiger partial charge is 0.251 e. The lowest BCUT2D eigenvalue weighted by Gasteiger charge is -2.21. The van der Waals surface area contributed by atoms with Gasteiger partial charge < -0.3 is 5.32 Å². The molecule has 1 amide bonds. The van der Waals surface area contributed by atoms with Crippen LogP contribution in [0.1, 0.15) is 34.7 Å². The maximum Gasteiger partial charge on any atom is 0.251 e. The summed E-state index contributed by atoms with van der Waals surface area (Å²) in [5, 5.41) is 6.97. The van der Waals surface area contributed by atoms with Gasteiger partial charge in [0.05, 0.1) is 0 Å². The van der Waals surface area contributed by atoms with Crippen LogP contribution in [0, 0.1) is 0 Å². The molecule has 1 aliphatic heterocycles. The molecule has 0 aliphatic carbocycles. The van der Waals surface area contributed by atoms with Crippen LogP contribution in [-0.2, 0) is 0 Å². The number of hydrogen-bond donors (Lipinski definition) is 1. The molecule has 1 aromatic rings. The van der Waals surface area contributed by atoms with E-state index in [1.807, 2.05) is 12.1 Å². The number of benzene rings is 1. The highest BCUT2D eigenvalue weighted by Crippen LogP contribution is 2.25. The molecule has 85 valence electrons. The van der Waals surface area contributed by atoms with Gasteiger partial charge in [-0.25, -0.2) is 5.32 Å². The van der Waals surface area contributed by atoms with Crippen molar-refractivity contribution in [1.82, 2.24) is 10.6 Å². The Balaban J connectivity index is 2.09. The molecule has 3 heteroatoms. The summed E-state index contributed by atoms with van der Waals surface area (Å²) in [6.07, 6.45) is 2.28. The average molecular weight is 217 g/mol. The Morgan fingerprint density at radius 1 is 1.25 bits per heavy atom. The summed E-state index contributed by atoms with van der Waals surface area (Å²) in [5.41, 5.74) is 2.06. The molecule has 3 nitrogen and oxygen atoms in total. The average Bonchev–Trinajstić information content (AvgIpc) is 2.39. The summed E-state index contributed by atoms with van der Waals surface area (Å²) < 4.78 is 0. The Kier molecular flexibility index (Phi) is 3.57. The first-order chi connectivity index (χ1) is 7.81. The molecule has 1 fully saturated rings. The maximum atomic E-state index is 11.4. The highest BCUT2D eigenvalue weighted by Gasteiger charge is 2.15. The van der Waals surface area contributed by atoms with Crippen molar-refractivity contribution in [1.29, 1.82) is 0 Å². The number of hydrogen-bond acceptors (Lipinski definition) is 1. The molecule has 16 heavy (non-hydrogen) atoms. The zero-order chi connectivity index (χ0) is 11.4. The van der Waals surface area contributed by atoms with Crippen molar-refractivity contribution in [3.8, 4) is 0 Å². The molecule has 1 saturated heterocycles. The molecule has 1 N–H and O–H groups in total. The van der Waals surface area contributed by atoms with E-state index in [2.05, 4.69) is 22.8 Å². The molecular formula is C13H17N2O. The van der Waals surface area contributed by atoms with Gasteiger partial charge in [0, 0.05) is 25.7 Å². The van der Waals surface area contributed by atoms with E-state index >= 15 is 0 Å². The SMILES string of the molecule is CNC(=O)c1ccc(C2CC[N]CC2)cc1. The van der Waals surface area contributed by atoms with E-state index in [0.717, 1.165) is 31.5 Å². The van der Waals surface area contributed by atoms with Crippen molar-refractivity contribution < 1.29 is 4.79 Å². The number of piperidine rings is 1. The van der Waals surface area contributed by atoms with E-state index in [1.165, 1.54) is 5.56 Å². The number of nitrogens with one attached hydrogen (secondary N) is 1. The van der Waals surface area contributed by atoms with Crippen molar-refractivity contribution in [2.24, 2.45) is 0 Å². The van der Waals surface area contributed by atoms with Gasteiger partial charge in [0.2, 0.25) is 0 Å². The summed E-state index contributed by atoms with van der Waals surface area (Å²) in [6, 6.07) is 7.95. The van der Waals surface area contributed by atoms with E-state index in [4.69, 9.17) is 0 Å². The van der Waals surface area contributed by atoms with Crippen LogP contribution in [-0.4, -0.2) is 26.0 Å². The molecule has 2 rings (SSSR count). The molecule has 1 aromatic carbocycles. The molecule has 0 saturated carbocycles. The summed E-state index contributed by atoms with van der Waals surface area (Å²) in [4.78, 5) is 11.4. The van der Waals surface area contributed by atoms with Crippen LogP contribution in [0.3, 0.4) is 0 Å². The fraction of sp³-hybridized carbons (Fsp3) is 0.462. The summed E-state index contributed by atoms with van der Waals surface area (Å²) in [6.45, 7) is 1.95. The molecule has 1 heterocycles. The normalized spacial score (nSPS) is 17.1. The van der Waals surface area contributed by atoms with Gasteiger partial charge in [-0.15, -0.1) is 0 Å². The van der Waals surface area contributed by atoms with Gasteiger partial charge in [-0.05, 0) is 36.5 Å². The topological polar surface area (TPSA) is 43.2 Å². The minimum atomic E-state index is -0.0230. The van der Waals surface area contributed by atoms with Crippen LogP contribution in [0.15, 0.2) is 24.3 Å². The Hall–Kier alpha value is -1.35. The van der Waals surface area contributed by atoms with Crippen molar-refractivity contribution in [3.05, 3.63) is 35.4 Å². The largest absolute Gasteiger partial charge is 0.355 e. The predicted molar refractivity (Wildman–Crippen MR) is 63.7 cm³/mol. The number of carbonyl (C=O) groups is 1. The second kappa shape index (κ2) is 5.12. The Labute approximate surface area is 96.2 Å². The van der Waals surface area contributed by atoms with E-state index in [9.17, 15) is 4.79 Å². The minimum Gasteiger partial charge on any atom is -0.355 e. The Morgan fingerprint density at radius 2 is 1.88 bits per heavy atom. The molecule has 0 aromatic heterocycles. The lowest BCUT2D eigenvalue weighted by atomic mass is 9.90. The number of amides is 1. The standard InChI is InChI=1S/C13H17N2O/c1-14-13(16)12-4-2-10(3-5-12)11-6-8-15-9-7-11/h2-5,11H,6-9H2,1H3,(H,14,16). The predicted octanol–water partition coefficient (Wildman–Crippen LogP) is 1.53. The van der Waals surface area contributed by atoms with Gasteiger partial charge in [-0.2, -0.15) is 0 Å². The van der Waals surface area contributed by atoms with Gasteiger partial charge in [-0.1, -0.05) is 12.1 Å². The molecule has 1 radical (unpaired) electrons. The quantitative estimate of drug-likeness (QED) is 0.802. The Morgan fingerprint density at radius 3 is 2.44 bits per heavy atom. The number of carbonyl (C=O) groups excluding carboxylic acids is 1. The van der Waals surface area contributed by atoms with Gasteiger partial charge in [-0.3, -0.25) is 4.79 Å². The third kappa shape index (κ3) is 2.42. The summed E-state index contributed by atoms with van der Waals surface area (Å²) in [7, 11) is 1.65. The van der Waals surface area contributed by atoms with Crippen LogP contribution in [0.25, 0.3) is 0 Å². The van der Waals surface area contributed by atoms with Crippen LogP contribution >= 0.6 is 0 Å². The van der Waals surface area contributed by atoms with Crippen molar-refractivity contribution in [3.63, 3.8) is 0 Å². The fourth-order valence-electron chi connectivity index (χ4n) is 2.13. The fourth-order valence-corrected chi connectivity index (χ4v) is 2.13. The zero-order valence-electron chi connectivity index (χ0n) is 9.57. The van der Waals surface area contributed by atoms with Crippen LogP contribution in [0.4, 0.5) is 0 Å². The first-order valence-corrected chi connectivity index (χ1v) is 5.76. The van der Waals surface area contributed by atoms with E-state index in [0.29, 0.717) is 5.92 Å². The number of rotatable bonds is 2. The number of nitrogens with zero attached hydrogens (tertiary/aromatic N) is 1. The third-order valence-corrected chi connectivity index (χ3v) is 3.14. The van der Waals surface area contributed by atoms with Gasteiger partial charge >= 0.3 is 0 Å². The van der Waals surface area contributed by atoms with E-state index in [1.54, 1.807) is 7.05 Å². The molecule has 0 spiro atoms. The maximum absolute atomic E-state index is 11.4. The molecule has 0 atom stereocenters. The molecule has 0 bridgehead atoms. The second-order valence-electron chi connectivity index (χ2n) is 4.15. The Bertz CT molecular complexity index is 353. The molecular weight excluding hydrogens is 200 g/mol. The van der Waals surface area contributed by atoms with Crippen LogP contribution < -0.4 is 10.6 Å². The molecule has 1 aliphatic rings. The van der Waals surface area contributed by atoms with Crippen LogP contribution in [0.2, 0.25) is 0 Å². The first kappa shape index (κ1) is 11.1. The van der Waals surface area contributed by atoms with Gasteiger partial charge in [0.25, 0.3) is 5.91 Å². The van der Waals surface area contributed by atoms with Gasteiger partial charge in [0.1, 0.15) is 0 Å². The second-order valence-corrected chi connectivity index (χ2v) is 4.15. The monoisotopic (exact) mass is 217 g/mol. The zero-order valence-corrected chi connectivity index (χ0v) is 9.57. The minimum absolute atomic E-state index is 0.0230.